The van der Waals surface area contributed by atoms with Gasteiger partial charge in [-0.1, -0.05) is 18.5 Å². The highest BCUT2D eigenvalue weighted by Crippen LogP contribution is 2.26. The van der Waals surface area contributed by atoms with Gasteiger partial charge in [0.1, 0.15) is 0 Å². The van der Waals surface area contributed by atoms with E-state index in [1.165, 1.54) is 11.0 Å². The molecular weight excluding hydrogens is 190 g/mol. The molecule has 0 aliphatic heterocycles. The van der Waals surface area contributed by atoms with Crippen LogP contribution in [-0.4, -0.2) is 0 Å². The molecule has 0 spiro atoms. The van der Waals surface area contributed by atoms with Crippen LogP contribution in [0.2, 0.25) is 0 Å². The van der Waals surface area contributed by atoms with E-state index in [1.54, 1.807) is 11.3 Å². The van der Waals surface area contributed by atoms with E-state index in [0.717, 1.165) is 11.3 Å². The second-order valence-electron chi connectivity index (χ2n) is 2.24. The minimum absolute atomic E-state index is 0.530. The Kier molecular flexibility index (Phi) is 3.33. The number of allylic oxidation sites excluding steroid dienone is 1. The standard InChI is InChI=1S/C9H8ClNS/c1-2-7-3-4-9(12-7)8(10)5-6-11/h3-5H,2H2,1H3. The van der Waals surface area contributed by atoms with Gasteiger partial charge < -0.3 is 0 Å². The lowest BCUT2D eigenvalue weighted by atomic mass is 10.3. The molecule has 0 fully saturated rings. The molecule has 0 radical (unpaired) electrons. The quantitative estimate of drug-likeness (QED) is 0.667. The molecule has 0 saturated heterocycles. The topological polar surface area (TPSA) is 23.8 Å². The Hall–Kier alpha value is -0.780. The van der Waals surface area contributed by atoms with Crippen LogP contribution in [0.3, 0.4) is 0 Å². The van der Waals surface area contributed by atoms with Crippen LogP contribution in [0.15, 0.2) is 18.2 Å². The van der Waals surface area contributed by atoms with Crippen molar-refractivity contribution in [1.29, 1.82) is 5.26 Å². The predicted octanol–water partition coefficient (Wildman–Crippen LogP) is 3.41. The zero-order chi connectivity index (χ0) is 8.97. The summed E-state index contributed by atoms with van der Waals surface area (Å²) in [5.41, 5.74) is 0. The summed E-state index contributed by atoms with van der Waals surface area (Å²) < 4.78 is 0. The van der Waals surface area contributed by atoms with Gasteiger partial charge in [0.15, 0.2) is 0 Å². The van der Waals surface area contributed by atoms with Gasteiger partial charge >= 0.3 is 0 Å². The van der Waals surface area contributed by atoms with Crippen molar-refractivity contribution in [3.63, 3.8) is 0 Å². The van der Waals surface area contributed by atoms with E-state index < -0.39 is 0 Å². The van der Waals surface area contributed by atoms with Crippen LogP contribution in [0.5, 0.6) is 0 Å². The SMILES string of the molecule is CCc1ccc(C(Cl)=CC#N)s1. The molecule has 0 aliphatic carbocycles. The van der Waals surface area contributed by atoms with Gasteiger partial charge in [-0.25, -0.2) is 0 Å². The summed E-state index contributed by atoms with van der Waals surface area (Å²) in [4.78, 5) is 2.25. The monoisotopic (exact) mass is 197 g/mol. The first kappa shape index (κ1) is 9.31. The summed E-state index contributed by atoms with van der Waals surface area (Å²) in [7, 11) is 0. The van der Waals surface area contributed by atoms with Gasteiger partial charge in [0.2, 0.25) is 0 Å². The highest BCUT2D eigenvalue weighted by Gasteiger charge is 2.01. The summed E-state index contributed by atoms with van der Waals surface area (Å²) >= 11 is 7.46. The minimum Gasteiger partial charge on any atom is -0.193 e. The van der Waals surface area contributed by atoms with Gasteiger partial charge in [-0.05, 0) is 18.6 Å². The Labute approximate surface area is 80.9 Å². The molecule has 0 atom stereocenters. The second-order valence-corrected chi connectivity index (χ2v) is 3.82. The number of rotatable bonds is 2. The van der Waals surface area contributed by atoms with E-state index in [9.17, 15) is 0 Å². The first-order chi connectivity index (χ1) is 5.77. The number of nitrogens with zero attached hydrogens (tertiary/aromatic N) is 1. The van der Waals surface area contributed by atoms with Crippen molar-refractivity contribution < 1.29 is 0 Å². The minimum atomic E-state index is 0.530. The second kappa shape index (κ2) is 4.30. The zero-order valence-electron chi connectivity index (χ0n) is 6.67. The summed E-state index contributed by atoms with van der Waals surface area (Å²) in [6, 6.07) is 5.89. The van der Waals surface area contributed by atoms with Gasteiger partial charge in [0.25, 0.3) is 0 Å². The number of thiophene rings is 1. The van der Waals surface area contributed by atoms with Crippen LogP contribution < -0.4 is 0 Å². The molecule has 0 N–H and O–H groups in total. The van der Waals surface area contributed by atoms with E-state index in [1.807, 2.05) is 18.2 Å². The van der Waals surface area contributed by atoms with Crippen LogP contribution in [0.1, 0.15) is 16.7 Å². The summed E-state index contributed by atoms with van der Waals surface area (Å²) in [6.07, 6.45) is 2.37. The van der Waals surface area contributed by atoms with Crippen molar-refractivity contribution in [2.24, 2.45) is 0 Å². The Morgan fingerprint density at radius 1 is 1.75 bits per heavy atom. The average Bonchev–Trinajstić information content (AvgIpc) is 2.52. The lowest BCUT2D eigenvalue weighted by molar-refractivity contribution is 1.19. The highest BCUT2D eigenvalue weighted by molar-refractivity contribution is 7.13. The van der Waals surface area contributed by atoms with Crippen LogP contribution in [0, 0.1) is 11.3 Å². The molecular formula is C9H8ClNS. The van der Waals surface area contributed by atoms with Crippen molar-refractivity contribution in [3.8, 4) is 6.07 Å². The molecule has 0 aliphatic rings. The van der Waals surface area contributed by atoms with E-state index >= 15 is 0 Å². The molecule has 1 aromatic heterocycles. The molecule has 0 unspecified atom stereocenters. The number of hydrogen-bond acceptors (Lipinski definition) is 2. The molecule has 0 bridgehead atoms. The van der Waals surface area contributed by atoms with E-state index in [2.05, 4.69) is 6.92 Å². The molecule has 1 nitrogen and oxygen atoms in total. The fraction of sp³-hybridized carbons (Fsp3) is 0.222. The summed E-state index contributed by atoms with van der Waals surface area (Å²) in [6.45, 7) is 2.09. The molecule has 0 amide bonds. The number of aryl methyl sites for hydroxylation is 1. The smallest absolute Gasteiger partial charge is 0.0928 e. The summed E-state index contributed by atoms with van der Waals surface area (Å²) in [5, 5.41) is 8.89. The van der Waals surface area contributed by atoms with Crippen LogP contribution in [-0.2, 0) is 6.42 Å². The van der Waals surface area contributed by atoms with Crippen molar-refractivity contribution in [2.45, 2.75) is 13.3 Å². The highest BCUT2D eigenvalue weighted by atomic mass is 35.5. The Balaban J connectivity index is 2.90. The van der Waals surface area contributed by atoms with Gasteiger partial charge in [-0.3, -0.25) is 0 Å². The Bertz CT molecular complexity index is 333. The molecule has 1 rings (SSSR count). The van der Waals surface area contributed by atoms with Crippen LogP contribution in [0.4, 0.5) is 0 Å². The lowest BCUT2D eigenvalue weighted by Gasteiger charge is -1.88. The predicted molar refractivity (Wildman–Crippen MR) is 53.1 cm³/mol. The maximum absolute atomic E-state index is 8.36. The maximum atomic E-state index is 8.36. The number of hydrogen-bond donors (Lipinski definition) is 0. The van der Waals surface area contributed by atoms with Gasteiger partial charge in [-0.2, -0.15) is 5.26 Å². The first-order valence-corrected chi connectivity index (χ1v) is 4.81. The van der Waals surface area contributed by atoms with Crippen molar-refractivity contribution in [1.82, 2.24) is 0 Å². The molecule has 0 aromatic carbocycles. The third-order valence-electron chi connectivity index (χ3n) is 1.44. The molecule has 0 saturated carbocycles. The first-order valence-electron chi connectivity index (χ1n) is 3.62. The summed E-state index contributed by atoms with van der Waals surface area (Å²) in [5.74, 6) is 0. The van der Waals surface area contributed by atoms with E-state index in [-0.39, 0.29) is 0 Å². The van der Waals surface area contributed by atoms with Gasteiger partial charge in [0.05, 0.1) is 11.1 Å². The number of nitriles is 1. The fourth-order valence-electron chi connectivity index (χ4n) is 0.824. The van der Waals surface area contributed by atoms with Crippen molar-refractivity contribution in [2.75, 3.05) is 0 Å². The average molecular weight is 198 g/mol. The molecule has 1 heterocycles. The largest absolute Gasteiger partial charge is 0.193 e. The van der Waals surface area contributed by atoms with Crippen molar-refractivity contribution >= 4 is 28.0 Å². The molecule has 62 valence electrons. The Morgan fingerprint density at radius 3 is 3.00 bits per heavy atom. The van der Waals surface area contributed by atoms with E-state index in [4.69, 9.17) is 16.9 Å². The number of halogens is 1. The molecule has 12 heavy (non-hydrogen) atoms. The lowest BCUT2D eigenvalue weighted by Crippen LogP contribution is -1.65. The third-order valence-corrected chi connectivity index (χ3v) is 3.12. The van der Waals surface area contributed by atoms with Gasteiger partial charge in [0, 0.05) is 15.8 Å². The normalized spacial score (nSPS) is 11.2. The zero-order valence-corrected chi connectivity index (χ0v) is 8.25. The van der Waals surface area contributed by atoms with Crippen LogP contribution in [0.25, 0.3) is 5.03 Å². The Morgan fingerprint density at radius 2 is 2.50 bits per heavy atom. The van der Waals surface area contributed by atoms with E-state index in [0.29, 0.717) is 5.03 Å². The third kappa shape index (κ3) is 2.10. The van der Waals surface area contributed by atoms with Crippen molar-refractivity contribution in [3.05, 3.63) is 28.0 Å². The van der Waals surface area contributed by atoms with Crippen LogP contribution >= 0.6 is 22.9 Å². The molecule has 1 aromatic rings. The molecule has 3 heteroatoms. The fourth-order valence-corrected chi connectivity index (χ4v) is 1.91. The van der Waals surface area contributed by atoms with Gasteiger partial charge in [-0.15, -0.1) is 11.3 Å². The maximum Gasteiger partial charge on any atom is 0.0928 e.